The molecule has 1 saturated heterocycles. The molecule has 1 unspecified atom stereocenters. The minimum Gasteiger partial charge on any atom is -0.435 e. The van der Waals surface area contributed by atoms with Crippen molar-refractivity contribution in [3.63, 3.8) is 0 Å². The van der Waals surface area contributed by atoms with Gasteiger partial charge in [0, 0.05) is 25.0 Å². The van der Waals surface area contributed by atoms with Crippen molar-refractivity contribution in [1.29, 1.82) is 0 Å². The van der Waals surface area contributed by atoms with Crippen LogP contribution >= 0.6 is 0 Å². The quantitative estimate of drug-likeness (QED) is 0.409. The van der Waals surface area contributed by atoms with Gasteiger partial charge in [0.15, 0.2) is 5.41 Å². The van der Waals surface area contributed by atoms with Crippen molar-refractivity contribution in [2.45, 2.75) is 31.1 Å². The molecule has 1 rings (SSSR count). The molecule has 0 aliphatic carbocycles. The van der Waals surface area contributed by atoms with Crippen molar-refractivity contribution >= 4 is 16.2 Å². The fourth-order valence-corrected chi connectivity index (χ4v) is 2.24. The van der Waals surface area contributed by atoms with Crippen molar-refractivity contribution in [2.75, 3.05) is 13.2 Å². The highest BCUT2D eigenvalue weighted by atomic mass is 28.1. The second-order valence-corrected chi connectivity index (χ2v) is 5.43. The number of ether oxygens (including phenoxy) is 2. The van der Waals surface area contributed by atoms with Gasteiger partial charge in [0.2, 0.25) is 0 Å². The van der Waals surface area contributed by atoms with Crippen LogP contribution in [0.1, 0.15) is 25.7 Å². The summed E-state index contributed by atoms with van der Waals surface area (Å²) in [6.45, 7) is 4.14. The zero-order valence-electron chi connectivity index (χ0n) is 9.12. The van der Waals surface area contributed by atoms with Crippen LogP contribution in [0.4, 0.5) is 0 Å². The van der Waals surface area contributed by atoms with Gasteiger partial charge in [-0.1, -0.05) is 6.58 Å². The molecule has 0 aromatic carbocycles. The molecule has 1 heterocycles. The SMILES string of the molecule is C=C(CCO)C(=O)OC1([SiH3])CCCCO1. The van der Waals surface area contributed by atoms with Crippen LogP contribution in [0.2, 0.25) is 0 Å². The van der Waals surface area contributed by atoms with Crippen LogP contribution in [-0.2, 0) is 14.3 Å². The van der Waals surface area contributed by atoms with Gasteiger partial charge in [-0.2, -0.15) is 0 Å². The number of esters is 1. The van der Waals surface area contributed by atoms with E-state index in [2.05, 4.69) is 6.58 Å². The lowest BCUT2D eigenvalue weighted by Gasteiger charge is -2.33. The molecular formula is C10H18O4Si. The van der Waals surface area contributed by atoms with Gasteiger partial charge in [-0.25, -0.2) is 4.79 Å². The van der Waals surface area contributed by atoms with Crippen LogP contribution in [0.3, 0.4) is 0 Å². The third-order valence-corrected chi connectivity index (χ3v) is 3.44. The molecule has 0 saturated carbocycles. The summed E-state index contributed by atoms with van der Waals surface area (Å²) in [6.07, 6.45) is 3.09. The number of carbonyl (C=O) groups excluding carboxylic acids is 1. The molecule has 0 aromatic rings. The van der Waals surface area contributed by atoms with Gasteiger partial charge in [0.05, 0.1) is 16.8 Å². The maximum Gasteiger partial charge on any atom is 0.335 e. The topological polar surface area (TPSA) is 55.8 Å². The van der Waals surface area contributed by atoms with Crippen molar-refractivity contribution < 1.29 is 19.4 Å². The number of hydrogen-bond donors (Lipinski definition) is 1. The highest BCUT2D eigenvalue weighted by Gasteiger charge is 2.31. The normalized spacial score (nSPS) is 26.2. The summed E-state index contributed by atoms with van der Waals surface area (Å²) >= 11 is 0. The van der Waals surface area contributed by atoms with Crippen molar-refractivity contribution in [2.24, 2.45) is 0 Å². The third-order valence-electron chi connectivity index (χ3n) is 2.44. The molecule has 5 heteroatoms. The predicted molar refractivity (Wildman–Crippen MR) is 59.4 cm³/mol. The molecule has 1 fully saturated rings. The Labute approximate surface area is 92.7 Å². The Kier molecular flexibility index (Phi) is 4.50. The first-order valence-electron chi connectivity index (χ1n) is 5.23. The summed E-state index contributed by atoms with van der Waals surface area (Å²) in [5.74, 6) is -0.444. The first kappa shape index (κ1) is 12.4. The molecule has 0 aromatic heterocycles. The van der Waals surface area contributed by atoms with E-state index >= 15 is 0 Å². The Bertz CT molecular complexity index is 246. The molecule has 86 valence electrons. The minimum atomic E-state index is -0.673. The lowest BCUT2D eigenvalue weighted by Crippen LogP contribution is -2.41. The lowest BCUT2D eigenvalue weighted by molar-refractivity contribution is -0.202. The van der Waals surface area contributed by atoms with Crippen LogP contribution in [0.5, 0.6) is 0 Å². The molecule has 0 radical (unpaired) electrons. The number of aliphatic hydroxyl groups is 1. The maximum absolute atomic E-state index is 11.5. The van der Waals surface area contributed by atoms with E-state index in [9.17, 15) is 4.79 Å². The van der Waals surface area contributed by atoms with E-state index in [0.29, 0.717) is 22.4 Å². The second-order valence-electron chi connectivity index (χ2n) is 3.91. The highest BCUT2D eigenvalue weighted by Crippen LogP contribution is 2.24. The number of rotatable bonds is 4. The van der Waals surface area contributed by atoms with Crippen molar-refractivity contribution in [3.05, 3.63) is 12.2 Å². The van der Waals surface area contributed by atoms with Crippen LogP contribution in [0, 0.1) is 0 Å². The van der Waals surface area contributed by atoms with Gasteiger partial charge >= 0.3 is 5.97 Å². The Hall–Kier alpha value is -0.653. The molecular weight excluding hydrogens is 212 g/mol. The molecule has 0 spiro atoms. The molecule has 0 bridgehead atoms. The Morgan fingerprint density at radius 3 is 2.87 bits per heavy atom. The first-order valence-corrected chi connectivity index (χ1v) is 6.23. The number of hydrogen-bond acceptors (Lipinski definition) is 4. The minimum absolute atomic E-state index is 0.0804. The monoisotopic (exact) mass is 230 g/mol. The summed E-state index contributed by atoms with van der Waals surface area (Å²) in [4.78, 5) is 11.5. The fourth-order valence-electron chi connectivity index (χ4n) is 1.49. The van der Waals surface area contributed by atoms with E-state index in [1.54, 1.807) is 0 Å². The van der Waals surface area contributed by atoms with Gasteiger partial charge in [-0.15, -0.1) is 0 Å². The largest absolute Gasteiger partial charge is 0.435 e. The van der Waals surface area contributed by atoms with E-state index in [4.69, 9.17) is 14.6 Å². The zero-order chi connectivity index (χ0) is 11.3. The Morgan fingerprint density at radius 1 is 1.60 bits per heavy atom. The Balaban J connectivity index is 2.45. The van der Waals surface area contributed by atoms with Gasteiger partial charge in [-0.05, 0) is 12.8 Å². The third kappa shape index (κ3) is 3.77. The maximum atomic E-state index is 11.5. The zero-order valence-corrected chi connectivity index (χ0v) is 11.1. The average molecular weight is 230 g/mol. The van der Waals surface area contributed by atoms with Crippen molar-refractivity contribution in [1.82, 2.24) is 0 Å². The predicted octanol–water partition coefficient (Wildman–Crippen LogP) is -0.312. The number of aliphatic hydroxyl groups excluding tert-OH is 1. The van der Waals surface area contributed by atoms with E-state index < -0.39 is 11.4 Å². The summed E-state index contributed by atoms with van der Waals surface area (Å²) in [7, 11) is 0.659. The molecule has 1 aliphatic rings. The summed E-state index contributed by atoms with van der Waals surface area (Å²) in [5.41, 5.74) is -0.366. The lowest BCUT2D eigenvalue weighted by atomic mass is 10.2. The highest BCUT2D eigenvalue weighted by molar-refractivity contribution is 6.14. The molecule has 0 amide bonds. The van der Waals surface area contributed by atoms with E-state index in [1.807, 2.05) is 0 Å². The standard InChI is InChI=1S/C10H18O4Si/c1-8(4-6-11)9(12)14-10(15)5-2-3-7-13-10/h11H,1-7H2,15H3. The van der Waals surface area contributed by atoms with Crippen LogP contribution in [0.15, 0.2) is 12.2 Å². The van der Waals surface area contributed by atoms with Gasteiger partial charge in [0.25, 0.3) is 0 Å². The van der Waals surface area contributed by atoms with Crippen molar-refractivity contribution in [3.8, 4) is 0 Å². The average Bonchev–Trinajstić information content (AvgIpc) is 2.18. The molecule has 15 heavy (non-hydrogen) atoms. The molecule has 1 atom stereocenters. The van der Waals surface area contributed by atoms with E-state index in [1.165, 1.54) is 0 Å². The smallest absolute Gasteiger partial charge is 0.335 e. The Morgan fingerprint density at radius 2 is 2.33 bits per heavy atom. The summed E-state index contributed by atoms with van der Waals surface area (Å²) < 4.78 is 10.8. The molecule has 4 nitrogen and oxygen atoms in total. The molecule has 1 aliphatic heterocycles. The van der Waals surface area contributed by atoms with Crippen LogP contribution in [-0.4, -0.2) is 39.9 Å². The van der Waals surface area contributed by atoms with E-state index in [-0.39, 0.29) is 13.0 Å². The van der Waals surface area contributed by atoms with Crippen LogP contribution in [0.25, 0.3) is 0 Å². The van der Waals surface area contributed by atoms with Gasteiger partial charge < -0.3 is 14.6 Å². The molecule has 1 N–H and O–H groups in total. The van der Waals surface area contributed by atoms with Crippen LogP contribution < -0.4 is 0 Å². The summed E-state index contributed by atoms with van der Waals surface area (Å²) in [5, 5.41) is 8.66. The summed E-state index contributed by atoms with van der Waals surface area (Å²) in [6, 6.07) is 0. The van der Waals surface area contributed by atoms with Gasteiger partial charge in [-0.3, -0.25) is 0 Å². The van der Waals surface area contributed by atoms with Gasteiger partial charge in [0.1, 0.15) is 0 Å². The fraction of sp³-hybridized carbons (Fsp3) is 0.700. The second kappa shape index (κ2) is 5.44. The van der Waals surface area contributed by atoms with E-state index in [0.717, 1.165) is 19.3 Å². The number of carbonyl (C=O) groups is 1. The first-order chi connectivity index (χ1) is 7.07.